The van der Waals surface area contributed by atoms with E-state index in [9.17, 15) is 0 Å². The molecule has 1 rings (SSSR count). The molecule has 1 aromatic rings. The van der Waals surface area contributed by atoms with Crippen molar-refractivity contribution in [2.24, 2.45) is 5.92 Å². The molecule has 0 atom stereocenters. The fourth-order valence-corrected chi connectivity index (χ4v) is 1.80. The van der Waals surface area contributed by atoms with Gasteiger partial charge in [-0.15, -0.1) is 0 Å². The lowest BCUT2D eigenvalue weighted by Gasteiger charge is -2.23. The largest absolute Gasteiger partial charge is 0.300 e. The normalized spacial score (nSPS) is 11.8. The van der Waals surface area contributed by atoms with E-state index in [-0.39, 0.29) is 0 Å². The molecular formula is C15H25N. The van der Waals surface area contributed by atoms with Crippen LogP contribution in [0.15, 0.2) is 24.3 Å². The first-order chi connectivity index (χ1) is 7.50. The molecule has 0 spiro atoms. The van der Waals surface area contributed by atoms with Crippen LogP contribution in [0.5, 0.6) is 0 Å². The summed E-state index contributed by atoms with van der Waals surface area (Å²) in [5.41, 5.74) is 2.98. The highest BCUT2D eigenvalue weighted by molar-refractivity contribution is 5.27. The van der Waals surface area contributed by atoms with Crippen LogP contribution in [0, 0.1) is 5.92 Å². The van der Waals surface area contributed by atoms with Crippen LogP contribution in [0.1, 0.15) is 38.8 Å². The summed E-state index contributed by atoms with van der Waals surface area (Å²) in [6.45, 7) is 10.1. The summed E-state index contributed by atoms with van der Waals surface area (Å²) in [5.74, 6) is 0.727. The van der Waals surface area contributed by atoms with Crippen LogP contribution in [0.2, 0.25) is 0 Å². The number of rotatable bonds is 5. The Morgan fingerprint density at radius 1 is 1.00 bits per heavy atom. The van der Waals surface area contributed by atoms with Gasteiger partial charge in [-0.25, -0.2) is 0 Å². The first-order valence-corrected chi connectivity index (χ1v) is 6.27. The third-order valence-electron chi connectivity index (χ3n) is 3.05. The molecule has 0 fully saturated rings. The van der Waals surface area contributed by atoms with Gasteiger partial charge in [-0.1, -0.05) is 38.1 Å². The Balaban J connectivity index is 2.78. The minimum absolute atomic E-state index is 0.604. The zero-order chi connectivity index (χ0) is 12.1. The standard InChI is InChI=1S/C15H25N/c1-12(2)10-14-8-6-7-9-15(14)11-16(5)13(3)4/h6-9,12-13H,10-11H2,1-5H3. The predicted octanol–water partition coefficient (Wildman–Crippen LogP) is 3.73. The van der Waals surface area contributed by atoms with Gasteiger partial charge in [0.05, 0.1) is 0 Å². The van der Waals surface area contributed by atoms with E-state index in [1.54, 1.807) is 0 Å². The van der Waals surface area contributed by atoms with Crippen molar-refractivity contribution >= 4 is 0 Å². The predicted molar refractivity (Wildman–Crippen MR) is 71.6 cm³/mol. The topological polar surface area (TPSA) is 3.24 Å². The van der Waals surface area contributed by atoms with E-state index in [2.05, 4.69) is 63.9 Å². The second kappa shape index (κ2) is 6.05. The number of nitrogens with zero attached hydrogens (tertiary/aromatic N) is 1. The smallest absolute Gasteiger partial charge is 0.0236 e. The second-order valence-corrected chi connectivity index (χ2v) is 5.38. The third kappa shape index (κ3) is 3.97. The van der Waals surface area contributed by atoms with Crippen LogP contribution in [0.25, 0.3) is 0 Å². The van der Waals surface area contributed by atoms with Gasteiger partial charge in [0.25, 0.3) is 0 Å². The van der Waals surface area contributed by atoms with Gasteiger partial charge in [0.15, 0.2) is 0 Å². The molecule has 0 unspecified atom stereocenters. The maximum atomic E-state index is 2.39. The maximum Gasteiger partial charge on any atom is 0.0236 e. The summed E-state index contributed by atoms with van der Waals surface area (Å²) >= 11 is 0. The molecule has 0 bridgehead atoms. The summed E-state index contributed by atoms with van der Waals surface area (Å²) in [6, 6.07) is 9.43. The van der Waals surface area contributed by atoms with Gasteiger partial charge in [0.2, 0.25) is 0 Å². The molecule has 1 aromatic carbocycles. The average Bonchev–Trinajstić information content (AvgIpc) is 2.20. The van der Waals surface area contributed by atoms with Crippen molar-refractivity contribution in [1.82, 2.24) is 4.90 Å². The zero-order valence-corrected chi connectivity index (χ0v) is 11.3. The van der Waals surface area contributed by atoms with Crippen LogP contribution >= 0.6 is 0 Å². The van der Waals surface area contributed by atoms with E-state index in [0.717, 1.165) is 12.5 Å². The first kappa shape index (κ1) is 13.2. The lowest BCUT2D eigenvalue weighted by molar-refractivity contribution is 0.265. The summed E-state index contributed by atoms with van der Waals surface area (Å²) < 4.78 is 0. The number of hydrogen-bond acceptors (Lipinski definition) is 1. The molecule has 0 saturated heterocycles. The lowest BCUT2D eigenvalue weighted by Crippen LogP contribution is -2.26. The van der Waals surface area contributed by atoms with Crippen molar-refractivity contribution in [3.8, 4) is 0 Å². The Labute approximate surface area is 100 Å². The highest BCUT2D eigenvalue weighted by Gasteiger charge is 2.08. The molecule has 1 heteroatoms. The fourth-order valence-electron chi connectivity index (χ4n) is 1.80. The Morgan fingerprint density at radius 3 is 2.06 bits per heavy atom. The molecular weight excluding hydrogens is 194 g/mol. The van der Waals surface area contributed by atoms with Gasteiger partial charge in [-0.05, 0) is 44.4 Å². The summed E-state index contributed by atoms with van der Waals surface area (Å²) in [4.78, 5) is 2.39. The second-order valence-electron chi connectivity index (χ2n) is 5.38. The highest BCUT2D eigenvalue weighted by Crippen LogP contribution is 2.16. The van der Waals surface area contributed by atoms with Crippen molar-refractivity contribution in [2.45, 2.75) is 46.7 Å². The average molecular weight is 219 g/mol. The Morgan fingerprint density at radius 2 is 1.56 bits per heavy atom. The van der Waals surface area contributed by atoms with Crippen molar-refractivity contribution in [2.75, 3.05) is 7.05 Å². The molecule has 0 aliphatic heterocycles. The molecule has 0 aliphatic carbocycles. The molecule has 0 heterocycles. The third-order valence-corrected chi connectivity index (χ3v) is 3.05. The molecule has 0 aromatic heterocycles. The minimum Gasteiger partial charge on any atom is -0.300 e. The van der Waals surface area contributed by atoms with E-state index in [1.165, 1.54) is 17.5 Å². The maximum absolute atomic E-state index is 2.39. The van der Waals surface area contributed by atoms with Crippen molar-refractivity contribution in [1.29, 1.82) is 0 Å². The van der Waals surface area contributed by atoms with Crippen molar-refractivity contribution < 1.29 is 0 Å². The van der Waals surface area contributed by atoms with Crippen LogP contribution in [-0.2, 0) is 13.0 Å². The first-order valence-electron chi connectivity index (χ1n) is 6.27. The Hall–Kier alpha value is -0.820. The van der Waals surface area contributed by atoms with Gasteiger partial charge < -0.3 is 0 Å². The van der Waals surface area contributed by atoms with Gasteiger partial charge in [-0.2, -0.15) is 0 Å². The quantitative estimate of drug-likeness (QED) is 0.729. The summed E-state index contributed by atoms with van der Waals surface area (Å²) in [6.07, 6.45) is 1.18. The molecule has 0 amide bonds. The fraction of sp³-hybridized carbons (Fsp3) is 0.600. The van der Waals surface area contributed by atoms with Crippen LogP contribution in [-0.4, -0.2) is 18.0 Å². The Bertz CT molecular complexity index is 315. The monoisotopic (exact) mass is 219 g/mol. The molecule has 90 valence electrons. The van der Waals surface area contributed by atoms with E-state index in [1.807, 2.05) is 0 Å². The molecule has 0 N–H and O–H groups in total. The van der Waals surface area contributed by atoms with Crippen LogP contribution in [0.3, 0.4) is 0 Å². The van der Waals surface area contributed by atoms with E-state index >= 15 is 0 Å². The lowest BCUT2D eigenvalue weighted by atomic mass is 9.97. The van der Waals surface area contributed by atoms with Crippen molar-refractivity contribution in [3.63, 3.8) is 0 Å². The van der Waals surface area contributed by atoms with Gasteiger partial charge in [0, 0.05) is 12.6 Å². The highest BCUT2D eigenvalue weighted by atomic mass is 15.1. The van der Waals surface area contributed by atoms with Crippen molar-refractivity contribution in [3.05, 3.63) is 35.4 Å². The van der Waals surface area contributed by atoms with E-state index in [0.29, 0.717) is 6.04 Å². The van der Waals surface area contributed by atoms with Crippen LogP contribution in [0.4, 0.5) is 0 Å². The number of hydrogen-bond donors (Lipinski definition) is 0. The molecule has 0 radical (unpaired) electrons. The molecule has 0 saturated carbocycles. The SMILES string of the molecule is CC(C)Cc1ccccc1CN(C)C(C)C. The molecule has 0 aliphatic rings. The van der Waals surface area contributed by atoms with Gasteiger partial charge >= 0.3 is 0 Å². The molecule has 1 nitrogen and oxygen atoms in total. The molecule has 16 heavy (non-hydrogen) atoms. The van der Waals surface area contributed by atoms with E-state index < -0.39 is 0 Å². The van der Waals surface area contributed by atoms with Gasteiger partial charge in [-0.3, -0.25) is 4.90 Å². The van der Waals surface area contributed by atoms with E-state index in [4.69, 9.17) is 0 Å². The zero-order valence-electron chi connectivity index (χ0n) is 11.3. The minimum atomic E-state index is 0.604. The summed E-state index contributed by atoms with van der Waals surface area (Å²) in [5, 5.41) is 0. The summed E-state index contributed by atoms with van der Waals surface area (Å²) in [7, 11) is 2.19. The number of benzene rings is 1. The van der Waals surface area contributed by atoms with Crippen LogP contribution < -0.4 is 0 Å². The Kier molecular flexibility index (Phi) is 5.01. The van der Waals surface area contributed by atoms with Gasteiger partial charge in [0.1, 0.15) is 0 Å².